The quantitative estimate of drug-likeness (QED) is 0.491. The summed E-state index contributed by atoms with van der Waals surface area (Å²) in [7, 11) is 0. The molecule has 4 aromatic rings. The fourth-order valence-corrected chi connectivity index (χ4v) is 3.07. The lowest BCUT2D eigenvalue weighted by molar-refractivity contribution is 0.0911. The highest BCUT2D eigenvalue weighted by molar-refractivity contribution is 5.92. The van der Waals surface area contributed by atoms with Crippen LogP contribution in [0.2, 0.25) is 0 Å². The van der Waals surface area contributed by atoms with Crippen molar-refractivity contribution in [2.75, 3.05) is 6.61 Å². The van der Waals surface area contributed by atoms with Crippen molar-refractivity contribution in [1.82, 2.24) is 25.1 Å². The van der Waals surface area contributed by atoms with Crippen LogP contribution in [0, 0.1) is 0 Å². The molecule has 1 amide bonds. The molecule has 3 N–H and O–H groups in total. The minimum atomic E-state index is -0.528. The van der Waals surface area contributed by atoms with Crippen molar-refractivity contribution >= 4 is 16.8 Å². The van der Waals surface area contributed by atoms with Gasteiger partial charge in [-0.2, -0.15) is 5.10 Å². The lowest BCUT2D eigenvalue weighted by atomic mass is 10.1. The van der Waals surface area contributed by atoms with Crippen LogP contribution < -0.4 is 5.32 Å². The van der Waals surface area contributed by atoms with Crippen molar-refractivity contribution < 1.29 is 9.90 Å². The number of aliphatic hydroxyl groups excluding tert-OH is 1. The molecule has 0 unspecified atom stereocenters. The van der Waals surface area contributed by atoms with E-state index in [2.05, 4.69) is 43.3 Å². The average molecular weight is 361 g/mol. The molecule has 136 valence electrons. The molecule has 4 rings (SSSR count). The van der Waals surface area contributed by atoms with Gasteiger partial charge in [0.25, 0.3) is 5.91 Å². The minimum absolute atomic E-state index is 0.218. The van der Waals surface area contributed by atoms with Crippen molar-refractivity contribution in [2.45, 2.75) is 12.6 Å². The summed E-state index contributed by atoms with van der Waals surface area (Å²) in [6.45, 7) is 0.365. The number of aromatic nitrogens is 4. The summed E-state index contributed by atoms with van der Waals surface area (Å²) in [5.41, 5.74) is 2.96. The van der Waals surface area contributed by atoms with Gasteiger partial charge in [0.1, 0.15) is 5.69 Å². The van der Waals surface area contributed by atoms with E-state index in [1.807, 2.05) is 18.3 Å². The second-order valence-electron chi connectivity index (χ2n) is 6.28. The predicted octanol–water partition coefficient (Wildman–Crippen LogP) is 2.27. The van der Waals surface area contributed by atoms with Crippen LogP contribution in [-0.4, -0.2) is 37.4 Å². The molecule has 1 atom stereocenters. The molecule has 0 fully saturated rings. The smallest absolute Gasteiger partial charge is 0.272 e. The fourth-order valence-electron chi connectivity index (χ4n) is 3.07. The van der Waals surface area contributed by atoms with Gasteiger partial charge < -0.3 is 15.0 Å². The number of hydrogen-bond donors (Lipinski definition) is 3. The third kappa shape index (κ3) is 3.58. The number of aliphatic hydroxyl groups is 1. The van der Waals surface area contributed by atoms with Crippen LogP contribution in [-0.2, 0) is 6.54 Å². The zero-order chi connectivity index (χ0) is 18.6. The van der Waals surface area contributed by atoms with Gasteiger partial charge in [0, 0.05) is 24.1 Å². The van der Waals surface area contributed by atoms with E-state index in [4.69, 9.17) is 0 Å². The molecule has 7 nitrogen and oxygen atoms in total. The first-order valence-electron chi connectivity index (χ1n) is 8.64. The summed E-state index contributed by atoms with van der Waals surface area (Å²) in [6, 6.07) is 14.9. The molecule has 1 aromatic carbocycles. The highest BCUT2D eigenvalue weighted by Gasteiger charge is 2.17. The second kappa shape index (κ2) is 7.43. The van der Waals surface area contributed by atoms with Crippen molar-refractivity contribution in [2.24, 2.45) is 0 Å². The highest BCUT2D eigenvalue weighted by atomic mass is 16.3. The first-order valence-corrected chi connectivity index (χ1v) is 8.64. The van der Waals surface area contributed by atoms with E-state index < -0.39 is 6.04 Å². The molecule has 0 aliphatic heterocycles. The van der Waals surface area contributed by atoms with E-state index in [9.17, 15) is 9.90 Å². The monoisotopic (exact) mass is 361 g/mol. The van der Waals surface area contributed by atoms with Gasteiger partial charge in [-0.3, -0.25) is 14.9 Å². The molecule has 3 heterocycles. The molecular weight excluding hydrogens is 342 g/mol. The van der Waals surface area contributed by atoms with Crippen molar-refractivity contribution in [1.29, 1.82) is 0 Å². The molecule has 3 aromatic heterocycles. The Hall–Kier alpha value is -3.45. The maximum absolute atomic E-state index is 12.5. The fraction of sp³-hybridized carbons (Fsp3) is 0.150. The molecule has 0 aliphatic carbocycles. The Morgan fingerprint density at radius 3 is 2.93 bits per heavy atom. The first kappa shape index (κ1) is 17.0. The van der Waals surface area contributed by atoms with Gasteiger partial charge in [-0.05, 0) is 35.2 Å². The van der Waals surface area contributed by atoms with Gasteiger partial charge in [-0.25, -0.2) is 0 Å². The summed E-state index contributed by atoms with van der Waals surface area (Å²) in [6.07, 6.45) is 5.27. The number of nitrogens with one attached hydrogen (secondary N) is 2. The van der Waals surface area contributed by atoms with E-state index in [1.165, 1.54) is 0 Å². The van der Waals surface area contributed by atoms with Crippen LogP contribution in [0.1, 0.15) is 27.8 Å². The third-order valence-corrected chi connectivity index (χ3v) is 4.46. The van der Waals surface area contributed by atoms with Crippen LogP contribution in [0.3, 0.4) is 0 Å². The molecular formula is C20H19N5O2. The Balaban J connectivity index is 1.48. The number of carbonyl (C=O) groups is 1. The second-order valence-corrected chi connectivity index (χ2v) is 6.28. The van der Waals surface area contributed by atoms with Crippen LogP contribution in [0.15, 0.2) is 67.1 Å². The Morgan fingerprint density at radius 2 is 2.11 bits per heavy atom. The third-order valence-electron chi connectivity index (χ3n) is 4.46. The first-order chi connectivity index (χ1) is 13.2. The maximum atomic E-state index is 12.5. The van der Waals surface area contributed by atoms with E-state index >= 15 is 0 Å². The largest absolute Gasteiger partial charge is 0.394 e. The van der Waals surface area contributed by atoms with Crippen molar-refractivity contribution in [3.05, 3.63) is 84.1 Å². The summed E-state index contributed by atoms with van der Waals surface area (Å²) < 4.78 is 2.09. The Labute approximate surface area is 155 Å². The Bertz CT molecular complexity index is 1050. The molecule has 0 aliphatic rings. The lowest BCUT2D eigenvalue weighted by Crippen LogP contribution is -2.31. The maximum Gasteiger partial charge on any atom is 0.272 e. The average Bonchev–Trinajstić information content (AvgIpc) is 3.35. The molecule has 0 bridgehead atoms. The number of benzene rings is 1. The summed E-state index contributed by atoms with van der Waals surface area (Å²) >= 11 is 0. The zero-order valence-electron chi connectivity index (χ0n) is 14.5. The molecule has 27 heavy (non-hydrogen) atoms. The number of H-pyrrole nitrogens is 1. The van der Waals surface area contributed by atoms with Gasteiger partial charge in [0.2, 0.25) is 0 Å². The highest BCUT2D eigenvalue weighted by Crippen LogP contribution is 2.17. The van der Waals surface area contributed by atoms with Gasteiger partial charge in [-0.1, -0.05) is 24.3 Å². The number of rotatable bonds is 6. The van der Waals surface area contributed by atoms with Crippen LogP contribution in [0.4, 0.5) is 0 Å². The van der Waals surface area contributed by atoms with Crippen LogP contribution >= 0.6 is 0 Å². The van der Waals surface area contributed by atoms with E-state index in [0.29, 0.717) is 6.54 Å². The predicted molar refractivity (Wildman–Crippen MR) is 101 cm³/mol. The van der Waals surface area contributed by atoms with Gasteiger partial charge >= 0.3 is 0 Å². The van der Waals surface area contributed by atoms with Crippen LogP contribution in [0.5, 0.6) is 0 Å². The molecule has 0 saturated heterocycles. The molecule has 0 radical (unpaired) electrons. The normalized spacial score (nSPS) is 12.2. The lowest BCUT2D eigenvalue weighted by Gasteiger charge is -2.15. The summed E-state index contributed by atoms with van der Waals surface area (Å²) in [4.78, 5) is 16.5. The molecule has 0 saturated carbocycles. The number of fused-ring (bicyclic) bond motifs is 1. The van der Waals surface area contributed by atoms with Gasteiger partial charge in [0.05, 0.1) is 24.9 Å². The number of pyridine rings is 1. The zero-order valence-corrected chi connectivity index (χ0v) is 14.5. The molecule has 7 heteroatoms. The number of nitrogens with zero attached hydrogens (tertiary/aromatic N) is 3. The van der Waals surface area contributed by atoms with Crippen molar-refractivity contribution in [3.8, 4) is 0 Å². The standard InChI is InChI=1S/C20H19N5O2/c26-13-18(15-5-3-8-21-11-15)22-20(27)17-10-16(23-24-17)12-25-9-7-14-4-1-2-6-19(14)25/h1-11,18,26H,12-13H2,(H,22,27)(H,23,24)/t18-/m1/s1. The number of aromatic amines is 1. The SMILES string of the molecule is O=C(N[C@H](CO)c1cccnc1)c1cc(Cn2ccc3ccccc32)[nH]n1. The number of hydrogen-bond acceptors (Lipinski definition) is 4. The summed E-state index contributed by atoms with van der Waals surface area (Å²) in [5, 5.41) is 20.5. The number of amides is 1. The Morgan fingerprint density at radius 1 is 1.22 bits per heavy atom. The van der Waals surface area contributed by atoms with Gasteiger partial charge in [-0.15, -0.1) is 0 Å². The summed E-state index contributed by atoms with van der Waals surface area (Å²) in [5.74, 6) is -0.349. The molecule has 0 spiro atoms. The Kier molecular flexibility index (Phi) is 4.67. The van der Waals surface area contributed by atoms with Crippen molar-refractivity contribution in [3.63, 3.8) is 0 Å². The van der Waals surface area contributed by atoms with Gasteiger partial charge in [0.15, 0.2) is 0 Å². The number of para-hydroxylation sites is 1. The van der Waals surface area contributed by atoms with E-state index in [1.54, 1.807) is 30.6 Å². The number of carbonyl (C=O) groups excluding carboxylic acids is 1. The minimum Gasteiger partial charge on any atom is -0.394 e. The van der Waals surface area contributed by atoms with E-state index in [-0.39, 0.29) is 18.2 Å². The topological polar surface area (TPSA) is 95.8 Å². The van der Waals surface area contributed by atoms with Crippen LogP contribution in [0.25, 0.3) is 10.9 Å². The van der Waals surface area contributed by atoms with E-state index in [0.717, 1.165) is 22.2 Å².